The molecule has 82 valence electrons. The molecule has 14 heavy (non-hydrogen) atoms. The molecule has 1 unspecified atom stereocenters. The molecule has 0 aromatic rings. The van der Waals surface area contributed by atoms with Crippen molar-refractivity contribution in [3.05, 3.63) is 0 Å². The van der Waals surface area contributed by atoms with Crippen molar-refractivity contribution in [1.82, 2.24) is 4.90 Å². The van der Waals surface area contributed by atoms with Crippen molar-refractivity contribution in [2.24, 2.45) is 5.92 Å². The molecule has 1 amide bonds. The Morgan fingerprint density at radius 3 is 2.43 bits per heavy atom. The van der Waals surface area contributed by atoms with Gasteiger partial charge in [-0.05, 0) is 0 Å². The number of hydrogen-bond acceptors (Lipinski definition) is 3. The van der Waals surface area contributed by atoms with Gasteiger partial charge in [-0.25, -0.2) is 0 Å². The smallest absolute Gasteiger partial charge is 0.307 e. The summed E-state index contributed by atoms with van der Waals surface area (Å²) in [5.74, 6) is 0.219. The normalized spacial score (nSPS) is 12.2. The van der Waals surface area contributed by atoms with E-state index >= 15 is 0 Å². The van der Waals surface area contributed by atoms with Gasteiger partial charge in [-0.3, -0.25) is 9.59 Å². The van der Waals surface area contributed by atoms with E-state index in [1.54, 1.807) is 25.9 Å². The molecule has 0 aromatic heterocycles. The van der Waals surface area contributed by atoms with Crippen LogP contribution in [0.2, 0.25) is 0 Å². The van der Waals surface area contributed by atoms with Gasteiger partial charge in [-0.1, -0.05) is 6.92 Å². The Hall–Kier alpha value is -0.710. The first-order chi connectivity index (χ1) is 6.45. The molecular weight excluding hydrogens is 202 g/mol. The first kappa shape index (κ1) is 13.3. The maximum absolute atomic E-state index is 11.1. The van der Waals surface area contributed by atoms with Crippen molar-refractivity contribution in [2.45, 2.75) is 13.3 Å². The van der Waals surface area contributed by atoms with E-state index in [2.05, 4.69) is 0 Å². The van der Waals surface area contributed by atoms with Crippen LogP contribution in [-0.2, 0) is 9.59 Å². The molecule has 0 aliphatic rings. The fourth-order valence-corrected chi connectivity index (χ4v) is 1.70. The summed E-state index contributed by atoms with van der Waals surface area (Å²) in [6, 6.07) is 0. The molecule has 0 bridgehead atoms. The summed E-state index contributed by atoms with van der Waals surface area (Å²) in [6.07, 6.45) is 0.476. The van der Waals surface area contributed by atoms with Crippen molar-refractivity contribution >= 4 is 23.6 Å². The zero-order valence-electron chi connectivity index (χ0n) is 8.82. The highest BCUT2D eigenvalue weighted by Crippen LogP contribution is 2.10. The average Bonchev–Trinajstić information content (AvgIpc) is 2.11. The van der Waals surface area contributed by atoms with Gasteiger partial charge in [-0.15, -0.1) is 0 Å². The summed E-state index contributed by atoms with van der Waals surface area (Å²) in [7, 11) is 3.43. The van der Waals surface area contributed by atoms with E-state index in [0.717, 1.165) is 0 Å². The van der Waals surface area contributed by atoms with E-state index in [0.29, 0.717) is 17.9 Å². The second kappa shape index (κ2) is 6.70. The number of amides is 1. The molecule has 1 N–H and O–H groups in total. The topological polar surface area (TPSA) is 57.6 Å². The molecule has 4 nitrogen and oxygen atoms in total. The molecule has 0 aromatic carbocycles. The number of nitrogens with zero attached hydrogens (tertiary/aromatic N) is 1. The summed E-state index contributed by atoms with van der Waals surface area (Å²) in [5, 5.41) is 8.59. The van der Waals surface area contributed by atoms with Crippen LogP contribution in [0, 0.1) is 5.92 Å². The van der Waals surface area contributed by atoms with Gasteiger partial charge in [0.1, 0.15) is 0 Å². The Balaban J connectivity index is 3.47. The predicted molar refractivity (Wildman–Crippen MR) is 57.4 cm³/mol. The highest BCUT2D eigenvalue weighted by atomic mass is 32.2. The average molecular weight is 219 g/mol. The largest absolute Gasteiger partial charge is 0.481 e. The Bertz CT molecular complexity index is 206. The quantitative estimate of drug-likeness (QED) is 0.675. The lowest BCUT2D eigenvalue weighted by Gasteiger charge is -2.10. The number of carboxylic acid groups (broad SMARTS) is 1. The van der Waals surface area contributed by atoms with E-state index in [4.69, 9.17) is 5.11 Å². The van der Waals surface area contributed by atoms with Gasteiger partial charge in [0, 0.05) is 32.0 Å². The van der Waals surface area contributed by atoms with Crippen molar-refractivity contribution in [1.29, 1.82) is 0 Å². The molecule has 0 radical (unpaired) electrons. The van der Waals surface area contributed by atoms with E-state index in [1.165, 1.54) is 11.8 Å². The molecule has 0 aliphatic heterocycles. The Morgan fingerprint density at radius 2 is 2.00 bits per heavy atom. The summed E-state index contributed by atoms with van der Waals surface area (Å²) < 4.78 is 0. The van der Waals surface area contributed by atoms with Gasteiger partial charge in [0.05, 0.1) is 5.92 Å². The minimum Gasteiger partial charge on any atom is -0.481 e. The molecule has 0 saturated carbocycles. The number of aliphatic carboxylic acids is 1. The predicted octanol–water partition coefficient (Wildman–Crippen LogP) is 0.919. The summed E-state index contributed by atoms with van der Waals surface area (Å²) in [5.41, 5.74) is 0. The molecule has 0 rings (SSSR count). The highest BCUT2D eigenvalue weighted by molar-refractivity contribution is 7.99. The van der Waals surface area contributed by atoms with E-state index < -0.39 is 5.97 Å². The van der Waals surface area contributed by atoms with Gasteiger partial charge in [0.2, 0.25) is 5.91 Å². The third kappa shape index (κ3) is 5.85. The number of rotatable bonds is 6. The standard InChI is InChI=1S/C9H17NO3S/c1-7(9(12)13)6-14-5-4-8(11)10(2)3/h7H,4-6H2,1-3H3,(H,12,13). The van der Waals surface area contributed by atoms with Crippen LogP contribution in [-0.4, -0.2) is 47.5 Å². The molecule has 0 spiro atoms. The third-order valence-corrected chi connectivity index (χ3v) is 2.98. The molecule has 0 aliphatic carbocycles. The van der Waals surface area contributed by atoms with Gasteiger partial charge in [-0.2, -0.15) is 11.8 Å². The van der Waals surface area contributed by atoms with E-state index in [9.17, 15) is 9.59 Å². The number of carbonyl (C=O) groups excluding carboxylic acids is 1. The van der Waals surface area contributed by atoms with Crippen molar-refractivity contribution in [3.63, 3.8) is 0 Å². The van der Waals surface area contributed by atoms with Gasteiger partial charge < -0.3 is 10.0 Å². The molecular formula is C9H17NO3S. The van der Waals surface area contributed by atoms with Crippen molar-refractivity contribution in [2.75, 3.05) is 25.6 Å². The van der Waals surface area contributed by atoms with Gasteiger partial charge in [0.25, 0.3) is 0 Å². The molecule has 0 saturated heterocycles. The maximum Gasteiger partial charge on any atom is 0.307 e. The number of carboxylic acids is 1. The number of hydrogen-bond donors (Lipinski definition) is 1. The van der Waals surface area contributed by atoms with Crippen molar-refractivity contribution in [3.8, 4) is 0 Å². The lowest BCUT2D eigenvalue weighted by molar-refractivity contribution is -0.140. The minimum atomic E-state index is -0.781. The molecule has 0 heterocycles. The monoisotopic (exact) mass is 219 g/mol. The Morgan fingerprint density at radius 1 is 1.43 bits per heavy atom. The highest BCUT2D eigenvalue weighted by Gasteiger charge is 2.11. The first-order valence-corrected chi connectivity index (χ1v) is 5.61. The molecule has 1 atom stereocenters. The Labute approximate surface area is 88.7 Å². The summed E-state index contributed by atoms with van der Waals surface area (Å²) in [6.45, 7) is 1.67. The van der Waals surface area contributed by atoms with E-state index in [1.807, 2.05) is 0 Å². The Kier molecular flexibility index (Phi) is 6.36. The first-order valence-electron chi connectivity index (χ1n) is 4.46. The third-order valence-electron chi connectivity index (χ3n) is 1.75. The minimum absolute atomic E-state index is 0.0838. The van der Waals surface area contributed by atoms with E-state index in [-0.39, 0.29) is 11.8 Å². The van der Waals surface area contributed by atoms with Crippen LogP contribution in [0.25, 0.3) is 0 Å². The van der Waals surface area contributed by atoms with Crippen molar-refractivity contribution < 1.29 is 14.7 Å². The van der Waals surface area contributed by atoms with Crippen LogP contribution in [0.15, 0.2) is 0 Å². The van der Waals surface area contributed by atoms with Crippen LogP contribution in [0.4, 0.5) is 0 Å². The van der Waals surface area contributed by atoms with Crippen LogP contribution in [0.5, 0.6) is 0 Å². The lowest BCUT2D eigenvalue weighted by atomic mass is 10.2. The second-order valence-electron chi connectivity index (χ2n) is 3.35. The molecule has 5 heteroatoms. The van der Waals surface area contributed by atoms with Gasteiger partial charge in [0.15, 0.2) is 0 Å². The fraction of sp³-hybridized carbons (Fsp3) is 0.778. The van der Waals surface area contributed by atoms with Gasteiger partial charge >= 0.3 is 5.97 Å². The van der Waals surface area contributed by atoms with Crippen LogP contribution in [0.1, 0.15) is 13.3 Å². The SMILES string of the molecule is CC(CSCCC(=O)N(C)C)C(=O)O. The van der Waals surface area contributed by atoms with Crippen LogP contribution >= 0.6 is 11.8 Å². The second-order valence-corrected chi connectivity index (χ2v) is 4.50. The zero-order valence-corrected chi connectivity index (χ0v) is 9.63. The summed E-state index contributed by atoms with van der Waals surface area (Å²) >= 11 is 1.51. The number of carbonyl (C=O) groups is 2. The number of thioether (sulfide) groups is 1. The zero-order chi connectivity index (χ0) is 11.1. The summed E-state index contributed by atoms with van der Waals surface area (Å²) in [4.78, 5) is 23.1. The van der Waals surface area contributed by atoms with Crippen LogP contribution in [0.3, 0.4) is 0 Å². The maximum atomic E-state index is 11.1. The van der Waals surface area contributed by atoms with Crippen LogP contribution < -0.4 is 0 Å². The lowest BCUT2D eigenvalue weighted by Crippen LogP contribution is -2.22. The molecule has 0 fully saturated rings. The fourth-order valence-electron chi connectivity index (χ4n) is 0.714.